The van der Waals surface area contributed by atoms with E-state index < -0.39 is 23.0 Å². The van der Waals surface area contributed by atoms with Crippen molar-refractivity contribution >= 4 is 23.6 Å². The lowest BCUT2D eigenvalue weighted by Crippen LogP contribution is -2.42. The Balaban J connectivity index is 2.00. The molecule has 1 aromatic heterocycles. The summed E-state index contributed by atoms with van der Waals surface area (Å²) < 4.78 is 18.9. The summed E-state index contributed by atoms with van der Waals surface area (Å²) >= 11 is 1.30. The van der Waals surface area contributed by atoms with Crippen molar-refractivity contribution in [3.05, 3.63) is 41.7 Å². The Bertz CT molecular complexity index is 777. The van der Waals surface area contributed by atoms with Gasteiger partial charge in [0, 0.05) is 24.8 Å². The Morgan fingerprint density at radius 2 is 2.26 bits per heavy atom. The number of benzene rings is 1. The Labute approximate surface area is 135 Å². The molecule has 8 heteroatoms. The number of carbonyl (C=O) groups excluding carboxylic acids is 2. The Morgan fingerprint density at radius 3 is 2.96 bits per heavy atom. The minimum atomic E-state index is -0.722. The van der Waals surface area contributed by atoms with Gasteiger partial charge in [-0.1, -0.05) is 12.1 Å². The van der Waals surface area contributed by atoms with E-state index in [9.17, 15) is 14.0 Å². The zero-order valence-electron chi connectivity index (χ0n) is 12.3. The summed E-state index contributed by atoms with van der Waals surface area (Å²) in [5.41, 5.74) is 5.80. The quantitative estimate of drug-likeness (QED) is 0.923. The topological polar surface area (TPSA) is 89.4 Å². The highest BCUT2D eigenvalue weighted by Gasteiger charge is 2.36. The highest BCUT2D eigenvalue weighted by atomic mass is 32.2. The van der Waals surface area contributed by atoms with Crippen molar-refractivity contribution in [1.82, 2.24) is 9.88 Å². The van der Waals surface area contributed by atoms with Gasteiger partial charge in [-0.05, 0) is 12.1 Å². The van der Waals surface area contributed by atoms with Crippen LogP contribution in [0.15, 0.2) is 28.7 Å². The molecule has 1 fully saturated rings. The molecule has 120 valence electrons. The lowest BCUT2D eigenvalue weighted by molar-refractivity contribution is -0.119. The van der Waals surface area contributed by atoms with E-state index in [0.717, 1.165) is 0 Å². The van der Waals surface area contributed by atoms with Crippen molar-refractivity contribution in [3.63, 3.8) is 0 Å². The maximum Gasteiger partial charge on any atom is 0.277 e. The molecule has 2 N–H and O–H groups in total. The smallest absolute Gasteiger partial charge is 0.277 e. The number of nitrogens with two attached hydrogens (primary N) is 1. The van der Waals surface area contributed by atoms with Crippen LogP contribution >= 0.6 is 11.8 Å². The number of hydrogen-bond donors (Lipinski definition) is 1. The predicted molar refractivity (Wildman–Crippen MR) is 83.1 cm³/mol. The molecule has 0 saturated carbocycles. The highest BCUT2D eigenvalue weighted by Crippen LogP contribution is 2.30. The number of carbonyl (C=O) groups is 2. The van der Waals surface area contributed by atoms with Gasteiger partial charge >= 0.3 is 0 Å². The number of hydrogen-bond acceptors (Lipinski definition) is 5. The van der Waals surface area contributed by atoms with Crippen LogP contribution in [-0.4, -0.2) is 39.4 Å². The third-order valence-corrected chi connectivity index (χ3v) is 4.64. The molecule has 1 saturated heterocycles. The van der Waals surface area contributed by atoms with Crippen LogP contribution in [0.4, 0.5) is 4.39 Å². The fraction of sp³-hybridized carbons (Fsp3) is 0.267. The van der Waals surface area contributed by atoms with Crippen molar-refractivity contribution in [3.8, 4) is 11.3 Å². The van der Waals surface area contributed by atoms with Crippen molar-refractivity contribution in [2.45, 2.75) is 12.3 Å². The number of aryl methyl sites for hydroxylation is 1. The van der Waals surface area contributed by atoms with E-state index in [1.807, 2.05) is 0 Å². The number of amides is 2. The van der Waals surface area contributed by atoms with E-state index in [1.54, 1.807) is 13.0 Å². The lowest BCUT2D eigenvalue weighted by Gasteiger charge is -2.20. The van der Waals surface area contributed by atoms with Crippen LogP contribution in [0.3, 0.4) is 0 Å². The third kappa shape index (κ3) is 2.94. The second-order valence-corrected chi connectivity index (χ2v) is 6.23. The van der Waals surface area contributed by atoms with Crippen LogP contribution < -0.4 is 5.73 Å². The average molecular weight is 335 g/mol. The molecular weight excluding hydrogens is 321 g/mol. The second kappa shape index (κ2) is 6.04. The van der Waals surface area contributed by atoms with Gasteiger partial charge in [0.05, 0.1) is 0 Å². The van der Waals surface area contributed by atoms with E-state index in [-0.39, 0.29) is 17.3 Å². The van der Waals surface area contributed by atoms with Crippen molar-refractivity contribution in [2.75, 3.05) is 12.3 Å². The zero-order chi connectivity index (χ0) is 16.6. The van der Waals surface area contributed by atoms with Gasteiger partial charge in [-0.25, -0.2) is 9.37 Å². The van der Waals surface area contributed by atoms with E-state index in [2.05, 4.69) is 4.98 Å². The van der Waals surface area contributed by atoms with Crippen molar-refractivity contribution in [2.24, 2.45) is 5.73 Å². The van der Waals surface area contributed by atoms with Gasteiger partial charge < -0.3 is 15.1 Å². The number of oxazole rings is 1. The number of aromatic nitrogens is 1. The van der Waals surface area contributed by atoms with E-state index in [1.165, 1.54) is 34.9 Å². The molecule has 1 aromatic carbocycles. The Hall–Kier alpha value is -2.35. The molecule has 1 unspecified atom stereocenters. The normalized spacial score (nSPS) is 17.5. The molecular formula is C15H14FN3O3S. The number of thioether (sulfide) groups is 1. The molecule has 3 rings (SSSR count). The second-order valence-electron chi connectivity index (χ2n) is 5.05. The predicted octanol–water partition coefficient (Wildman–Crippen LogP) is 1.79. The maximum absolute atomic E-state index is 13.4. The molecule has 0 spiro atoms. The molecule has 0 bridgehead atoms. The molecule has 1 aliphatic heterocycles. The third-order valence-electron chi connectivity index (χ3n) is 3.42. The molecule has 0 aliphatic carbocycles. The fourth-order valence-corrected chi connectivity index (χ4v) is 3.52. The fourth-order valence-electron chi connectivity index (χ4n) is 2.45. The van der Waals surface area contributed by atoms with Crippen LogP contribution in [-0.2, 0) is 4.79 Å². The summed E-state index contributed by atoms with van der Waals surface area (Å²) in [4.78, 5) is 29.7. The first-order valence-electron chi connectivity index (χ1n) is 6.92. The first-order valence-corrected chi connectivity index (χ1v) is 7.97. The number of rotatable bonds is 3. The van der Waals surface area contributed by atoms with E-state index >= 15 is 0 Å². The molecule has 2 heterocycles. The molecule has 1 atom stereocenters. The van der Waals surface area contributed by atoms with Crippen LogP contribution in [0.1, 0.15) is 16.4 Å². The Morgan fingerprint density at radius 1 is 1.48 bits per heavy atom. The maximum atomic E-state index is 13.4. The summed E-state index contributed by atoms with van der Waals surface area (Å²) in [6, 6.07) is 5.72. The van der Waals surface area contributed by atoms with Gasteiger partial charge in [-0.3, -0.25) is 9.59 Å². The first kappa shape index (κ1) is 15.5. The van der Waals surface area contributed by atoms with Crippen LogP contribution in [0, 0.1) is 12.7 Å². The van der Waals surface area contributed by atoms with E-state index in [0.29, 0.717) is 17.9 Å². The highest BCUT2D eigenvalue weighted by molar-refractivity contribution is 8.00. The number of primary amides is 1. The standard InChI is InChI=1S/C15H14FN3O3S/c1-8-18-11(12(22-8)9-3-2-4-10(16)7-9)14(21)19-5-6-23-15(19)13(17)20/h2-4,7,15H,5-6H2,1H3,(H2,17,20). The van der Waals surface area contributed by atoms with Crippen molar-refractivity contribution < 1.29 is 18.4 Å². The lowest BCUT2D eigenvalue weighted by atomic mass is 10.1. The van der Waals surface area contributed by atoms with E-state index in [4.69, 9.17) is 10.2 Å². The monoisotopic (exact) mass is 335 g/mol. The number of nitrogens with zero attached hydrogens (tertiary/aromatic N) is 2. The average Bonchev–Trinajstić information content (AvgIpc) is 3.13. The van der Waals surface area contributed by atoms with Gasteiger partial charge in [0.25, 0.3) is 11.8 Å². The molecule has 1 aliphatic rings. The summed E-state index contributed by atoms with van der Waals surface area (Å²) in [6.45, 7) is 2.00. The summed E-state index contributed by atoms with van der Waals surface area (Å²) in [5.74, 6) is -0.377. The molecule has 2 aromatic rings. The van der Waals surface area contributed by atoms with Gasteiger partial charge in [-0.15, -0.1) is 11.8 Å². The first-order chi connectivity index (χ1) is 11.0. The van der Waals surface area contributed by atoms with Crippen LogP contribution in [0.2, 0.25) is 0 Å². The van der Waals surface area contributed by atoms with Crippen LogP contribution in [0.5, 0.6) is 0 Å². The van der Waals surface area contributed by atoms with Gasteiger partial charge in [0.1, 0.15) is 5.82 Å². The summed E-state index contributed by atoms with van der Waals surface area (Å²) in [5, 5.41) is -0.722. The molecule has 23 heavy (non-hydrogen) atoms. The minimum absolute atomic E-state index is 0.0573. The molecule has 0 radical (unpaired) electrons. The molecule has 2 amide bonds. The summed E-state index contributed by atoms with van der Waals surface area (Å²) in [6.07, 6.45) is 0. The Kier molecular flexibility index (Phi) is 4.08. The van der Waals surface area contributed by atoms with Crippen molar-refractivity contribution in [1.29, 1.82) is 0 Å². The largest absolute Gasteiger partial charge is 0.440 e. The zero-order valence-corrected chi connectivity index (χ0v) is 13.1. The SMILES string of the molecule is Cc1nc(C(=O)N2CCSC2C(N)=O)c(-c2cccc(F)c2)o1. The summed E-state index contributed by atoms with van der Waals surface area (Å²) in [7, 11) is 0. The number of halogens is 1. The van der Waals surface area contributed by atoms with Crippen LogP contribution in [0.25, 0.3) is 11.3 Å². The van der Waals surface area contributed by atoms with Gasteiger partial charge in [0.2, 0.25) is 0 Å². The minimum Gasteiger partial charge on any atom is -0.440 e. The van der Waals surface area contributed by atoms with Gasteiger partial charge in [0.15, 0.2) is 22.7 Å². The van der Waals surface area contributed by atoms with Gasteiger partial charge in [-0.2, -0.15) is 0 Å². The molecule has 6 nitrogen and oxygen atoms in total.